The maximum Gasteiger partial charge on any atom is 0.272 e. The van der Waals surface area contributed by atoms with Crippen LogP contribution in [0.3, 0.4) is 0 Å². The summed E-state index contributed by atoms with van der Waals surface area (Å²) in [6, 6.07) is 17.7. The molecule has 2 N–H and O–H groups in total. The van der Waals surface area contributed by atoms with Crippen molar-refractivity contribution in [2.45, 2.75) is 51.6 Å². The number of fused-ring (bicyclic) bond motifs is 1. The van der Waals surface area contributed by atoms with Crippen molar-refractivity contribution in [2.24, 2.45) is 5.92 Å². The predicted octanol–water partition coefficient (Wildman–Crippen LogP) is 4.56. The van der Waals surface area contributed by atoms with E-state index in [1.807, 2.05) is 54.6 Å². The molecular formula is C26H28N4O2. The molecule has 0 atom stereocenters. The minimum absolute atomic E-state index is 0.0836. The van der Waals surface area contributed by atoms with Gasteiger partial charge in [0.1, 0.15) is 11.5 Å². The van der Waals surface area contributed by atoms with Gasteiger partial charge >= 0.3 is 0 Å². The maximum atomic E-state index is 13.2. The van der Waals surface area contributed by atoms with E-state index in [2.05, 4.69) is 15.2 Å². The van der Waals surface area contributed by atoms with E-state index >= 15 is 0 Å². The van der Waals surface area contributed by atoms with Gasteiger partial charge in [-0.2, -0.15) is 0 Å². The number of carbonyl (C=O) groups excluding carboxylic acids is 2. The second-order valence-electron chi connectivity index (χ2n) is 8.71. The summed E-state index contributed by atoms with van der Waals surface area (Å²) in [6.07, 6.45) is 6.15. The van der Waals surface area contributed by atoms with Crippen molar-refractivity contribution in [1.82, 2.24) is 14.9 Å². The zero-order valence-corrected chi connectivity index (χ0v) is 18.1. The van der Waals surface area contributed by atoms with Crippen molar-refractivity contribution < 1.29 is 9.59 Å². The van der Waals surface area contributed by atoms with Crippen LogP contribution in [0.15, 0.2) is 54.6 Å². The summed E-state index contributed by atoms with van der Waals surface area (Å²) >= 11 is 0. The van der Waals surface area contributed by atoms with Gasteiger partial charge in [0.15, 0.2) is 0 Å². The first kappa shape index (κ1) is 20.5. The predicted molar refractivity (Wildman–Crippen MR) is 124 cm³/mol. The number of nitrogens with zero attached hydrogens (tertiary/aromatic N) is 2. The molecule has 0 radical (unpaired) electrons. The Bertz CT molecular complexity index is 1130. The minimum atomic E-state index is -0.148. The summed E-state index contributed by atoms with van der Waals surface area (Å²) in [7, 11) is 0. The van der Waals surface area contributed by atoms with Gasteiger partial charge < -0.3 is 15.2 Å². The number of aromatic nitrogens is 2. The van der Waals surface area contributed by atoms with Crippen LogP contribution in [-0.2, 0) is 24.3 Å². The SMILES string of the molecule is O=C(NCc1cccc(NC(=O)C2CC2)c1)c1nc(-c2ccccc2)n2c1CCCCC2. The number of nitrogens with one attached hydrogen (secondary N) is 2. The number of hydrogen-bond donors (Lipinski definition) is 2. The fraction of sp³-hybridized carbons (Fsp3) is 0.346. The summed E-state index contributed by atoms with van der Waals surface area (Å²) < 4.78 is 2.23. The molecule has 1 fully saturated rings. The highest BCUT2D eigenvalue weighted by Crippen LogP contribution is 2.30. The third kappa shape index (κ3) is 4.44. The van der Waals surface area contributed by atoms with Gasteiger partial charge in [0.25, 0.3) is 5.91 Å². The Hall–Kier alpha value is -3.41. The molecule has 0 saturated heterocycles. The third-order valence-electron chi connectivity index (χ3n) is 6.21. The van der Waals surface area contributed by atoms with Crippen molar-refractivity contribution >= 4 is 17.5 Å². The molecule has 164 valence electrons. The van der Waals surface area contributed by atoms with E-state index in [1.54, 1.807) is 0 Å². The lowest BCUT2D eigenvalue weighted by Crippen LogP contribution is -2.24. The number of rotatable bonds is 6. The van der Waals surface area contributed by atoms with E-state index in [0.717, 1.165) is 73.4 Å². The molecule has 1 saturated carbocycles. The molecule has 5 rings (SSSR count). The largest absolute Gasteiger partial charge is 0.347 e. The van der Waals surface area contributed by atoms with E-state index in [9.17, 15) is 9.59 Å². The molecule has 2 heterocycles. The van der Waals surface area contributed by atoms with E-state index in [-0.39, 0.29) is 17.7 Å². The quantitative estimate of drug-likeness (QED) is 0.605. The van der Waals surface area contributed by atoms with Gasteiger partial charge in [-0.05, 0) is 49.8 Å². The minimum Gasteiger partial charge on any atom is -0.347 e. The van der Waals surface area contributed by atoms with Crippen molar-refractivity contribution in [1.29, 1.82) is 0 Å². The molecule has 2 aliphatic rings. The van der Waals surface area contributed by atoms with Gasteiger partial charge in [-0.25, -0.2) is 4.98 Å². The summed E-state index contributed by atoms with van der Waals surface area (Å²) in [5.74, 6) is 0.969. The van der Waals surface area contributed by atoms with Crippen LogP contribution in [-0.4, -0.2) is 21.4 Å². The first-order chi connectivity index (χ1) is 15.7. The first-order valence-electron chi connectivity index (χ1n) is 11.5. The topological polar surface area (TPSA) is 76.0 Å². The Kier molecular flexibility index (Phi) is 5.75. The number of imidazole rings is 1. The smallest absolute Gasteiger partial charge is 0.272 e. The van der Waals surface area contributed by atoms with Crippen molar-refractivity contribution in [3.05, 3.63) is 71.5 Å². The van der Waals surface area contributed by atoms with Crippen LogP contribution in [0, 0.1) is 5.92 Å². The Balaban J connectivity index is 1.33. The lowest BCUT2D eigenvalue weighted by Gasteiger charge is -2.10. The van der Waals surface area contributed by atoms with Crippen molar-refractivity contribution in [3.8, 4) is 11.4 Å². The fourth-order valence-electron chi connectivity index (χ4n) is 4.32. The third-order valence-corrected chi connectivity index (χ3v) is 6.21. The highest BCUT2D eigenvalue weighted by Gasteiger charge is 2.29. The Morgan fingerprint density at radius 2 is 1.84 bits per heavy atom. The van der Waals surface area contributed by atoms with Crippen LogP contribution >= 0.6 is 0 Å². The molecule has 6 heteroatoms. The number of benzene rings is 2. The Morgan fingerprint density at radius 3 is 2.66 bits per heavy atom. The summed E-state index contributed by atoms with van der Waals surface area (Å²) in [5, 5.41) is 6.00. The molecule has 32 heavy (non-hydrogen) atoms. The normalized spacial score (nSPS) is 15.5. The Labute approximate surface area is 188 Å². The molecule has 2 amide bonds. The second kappa shape index (κ2) is 8.99. The highest BCUT2D eigenvalue weighted by atomic mass is 16.2. The molecule has 1 aliphatic heterocycles. The van der Waals surface area contributed by atoms with E-state index in [4.69, 9.17) is 4.98 Å². The summed E-state index contributed by atoms with van der Waals surface area (Å²) in [4.78, 5) is 30.0. The van der Waals surface area contributed by atoms with Crippen molar-refractivity contribution in [2.75, 3.05) is 5.32 Å². The van der Waals surface area contributed by atoms with Gasteiger partial charge in [0.2, 0.25) is 5.91 Å². The number of carbonyl (C=O) groups is 2. The molecular weight excluding hydrogens is 400 g/mol. The molecule has 0 unspecified atom stereocenters. The number of hydrogen-bond acceptors (Lipinski definition) is 3. The standard InChI is InChI=1S/C26H28N4O2/c31-25(20-13-14-20)28-21-11-7-8-18(16-21)17-27-26(32)23-22-12-5-2-6-15-30(22)24(29-23)19-9-3-1-4-10-19/h1,3-4,7-11,16,20H,2,5-6,12-15,17H2,(H,27,32)(H,28,31). The van der Waals surface area contributed by atoms with Gasteiger partial charge in [0.05, 0.1) is 5.69 Å². The molecule has 0 spiro atoms. The van der Waals surface area contributed by atoms with Gasteiger partial charge in [-0.1, -0.05) is 48.9 Å². The van der Waals surface area contributed by atoms with Crippen molar-refractivity contribution in [3.63, 3.8) is 0 Å². The van der Waals surface area contributed by atoms with Crippen LogP contribution in [0.4, 0.5) is 5.69 Å². The summed E-state index contributed by atoms with van der Waals surface area (Å²) in [5.41, 5.74) is 4.32. The molecule has 6 nitrogen and oxygen atoms in total. The molecule has 3 aromatic rings. The zero-order valence-electron chi connectivity index (χ0n) is 18.1. The van der Waals surface area contributed by atoms with Crippen LogP contribution in [0.1, 0.15) is 53.8 Å². The zero-order chi connectivity index (χ0) is 21.9. The maximum absolute atomic E-state index is 13.2. The van der Waals surface area contributed by atoms with E-state index in [0.29, 0.717) is 12.2 Å². The van der Waals surface area contributed by atoms with Crippen LogP contribution in [0.2, 0.25) is 0 Å². The van der Waals surface area contributed by atoms with E-state index < -0.39 is 0 Å². The molecule has 1 aliphatic carbocycles. The summed E-state index contributed by atoms with van der Waals surface area (Å²) in [6.45, 7) is 1.28. The lowest BCUT2D eigenvalue weighted by atomic mass is 10.1. The average molecular weight is 429 g/mol. The lowest BCUT2D eigenvalue weighted by molar-refractivity contribution is -0.117. The fourth-order valence-corrected chi connectivity index (χ4v) is 4.32. The van der Waals surface area contributed by atoms with Gasteiger partial charge in [-0.3, -0.25) is 9.59 Å². The second-order valence-corrected chi connectivity index (χ2v) is 8.71. The monoisotopic (exact) mass is 428 g/mol. The van der Waals surface area contributed by atoms with E-state index in [1.165, 1.54) is 0 Å². The van der Waals surface area contributed by atoms with Crippen LogP contribution in [0.25, 0.3) is 11.4 Å². The van der Waals surface area contributed by atoms with Crippen LogP contribution < -0.4 is 10.6 Å². The first-order valence-corrected chi connectivity index (χ1v) is 11.5. The van der Waals surface area contributed by atoms with Gasteiger partial charge in [0, 0.05) is 30.3 Å². The number of anilines is 1. The molecule has 2 aromatic carbocycles. The molecule has 0 bridgehead atoms. The van der Waals surface area contributed by atoms with Crippen LogP contribution in [0.5, 0.6) is 0 Å². The molecule has 1 aromatic heterocycles. The average Bonchev–Trinajstić information content (AvgIpc) is 3.64. The Morgan fingerprint density at radius 1 is 1.00 bits per heavy atom. The van der Waals surface area contributed by atoms with Gasteiger partial charge in [-0.15, -0.1) is 0 Å². The highest BCUT2D eigenvalue weighted by molar-refractivity contribution is 5.95. The number of amides is 2.